The predicted molar refractivity (Wildman–Crippen MR) is 99.3 cm³/mol. The molecular formula is C21H20F3NO4. The molecule has 154 valence electrons. The fraction of sp³-hybridized carbons (Fsp3) is 0.333. The molecule has 2 atom stereocenters. The van der Waals surface area contributed by atoms with Crippen LogP contribution in [0.4, 0.5) is 13.2 Å². The molecule has 5 nitrogen and oxygen atoms in total. The zero-order valence-electron chi connectivity index (χ0n) is 15.9. The molecule has 8 heteroatoms. The lowest BCUT2D eigenvalue weighted by molar-refractivity contribution is -0.187. The van der Waals surface area contributed by atoms with Crippen molar-refractivity contribution in [3.8, 4) is 0 Å². The number of ether oxygens (including phenoxy) is 1. The fourth-order valence-corrected chi connectivity index (χ4v) is 3.18. The largest absolute Gasteiger partial charge is 0.478 e. The monoisotopic (exact) mass is 407 g/mol. The van der Waals surface area contributed by atoms with E-state index < -0.39 is 29.4 Å². The van der Waals surface area contributed by atoms with Gasteiger partial charge in [-0.15, -0.1) is 0 Å². The van der Waals surface area contributed by atoms with Crippen LogP contribution in [-0.2, 0) is 27.2 Å². The van der Waals surface area contributed by atoms with E-state index in [2.05, 4.69) is 5.16 Å². The van der Waals surface area contributed by atoms with Gasteiger partial charge in [0.15, 0.2) is 0 Å². The summed E-state index contributed by atoms with van der Waals surface area (Å²) in [6, 6.07) is 11.7. The number of carboxylic acids is 1. The van der Waals surface area contributed by atoms with Gasteiger partial charge in [0.05, 0.1) is 17.9 Å². The van der Waals surface area contributed by atoms with Gasteiger partial charge in [-0.05, 0) is 37.1 Å². The molecule has 0 aliphatic carbocycles. The van der Waals surface area contributed by atoms with Crippen molar-refractivity contribution in [2.75, 3.05) is 0 Å². The third-order valence-electron chi connectivity index (χ3n) is 4.75. The Labute approximate surface area is 165 Å². The van der Waals surface area contributed by atoms with E-state index in [0.29, 0.717) is 5.71 Å². The molecule has 2 unspecified atom stereocenters. The molecule has 0 saturated heterocycles. The summed E-state index contributed by atoms with van der Waals surface area (Å²) in [6.07, 6.45) is -5.70. The van der Waals surface area contributed by atoms with Gasteiger partial charge in [0.1, 0.15) is 6.10 Å². The van der Waals surface area contributed by atoms with Crippen molar-refractivity contribution >= 4 is 11.7 Å². The number of oxime groups is 1. The lowest BCUT2D eigenvalue weighted by Gasteiger charge is -2.31. The summed E-state index contributed by atoms with van der Waals surface area (Å²) in [7, 11) is 0. The minimum absolute atomic E-state index is 0.0398. The standard InChI is InChI=1S/C21H20F3NO4/c1-13-3-5-15(6-4-13)12-28-18(20(19(26)27)11-14(2)25-29-20)16-7-9-17(10-8-16)21(22,23)24/h3-10,18H,11-12H2,1-2H3,(H,26,27). The van der Waals surface area contributed by atoms with Gasteiger partial charge in [0.2, 0.25) is 0 Å². The lowest BCUT2D eigenvalue weighted by Crippen LogP contribution is -2.46. The molecule has 0 fully saturated rings. The molecule has 29 heavy (non-hydrogen) atoms. The van der Waals surface area contributed by atoms with E-state index in [9.17, 15) is 23.1 Å². The highest BCUT2D eigenvalue weighted by molar-refractivity contribution is 5.92. The van der Waals surface area contributed by atoms with Gasteiger partial charge in [0.25, 0.3) is 5.60 Å². The summed E-state index contributed by atoms with van der Waals surface area (Å²) in [5.74, 6) is -1.30. The van der Waals surface area contributed by atoms with Gasteiger partial charge in [-0.3, -0.25) is 0 Å². The maximum atomic E-state index is 12.9. The highest BCUT2D eigenvalue weighted by Crippen LogP contribution is 2.41. The summed E-state index contributed by atoms with van der Waals surface area (Å²) >= 11 is 0. The Balaban J connectivity index is 1.94. The number of rotatable bonds is 6. The molecule has 3 rings (SSSR count). The molecule has 2 aromatic carbocycles. The summed E-state index contributed by atoms with van der Waals surface area (Å²) in [5.41, 5.74) is -0.112. The molecule has 0 amide bonds. The molecular weight excluding hydrogens is 387 g/mol. The van der Waals surface area contributed by atoms with Crippen LogP contribution in [0, 0.1) is 6.92 Å². The van der Waals surface area contributed by atoms with Crippen molar-refractivity contribution in [2.24, 2.45) is 5.16 Å². The summed E-state index contributed by atoms with van der Waals surface area (Å²) < 4.78 is 44.6. The number of hydrogen-bond donors (Lipinski definition) is 1. The van der Waals surface area contributed by atoms with Crippen molar-refractivity contribution in [2.45, 2.75) is 44.8 Å². The van der Waals surface area contributed by atoms with Crippen LogP contribution in [-0.4, -0.2) is 22.4 Å². The highest BCUT2D eigenvalue weighted by atomic mass is 19.4. The third-order valence-corrected chi connectivity index (χ3v) is 4.75. The van der Waals surface area contributed by atoms with Crippen molar-refractivity contribution in [1.82, 2.24) is 0 Å². The van der Waals surface area contributed by atoms with Crippen molar-refractivity contribution in [3.05, 3.63) is 70.8 Å². The van der Waals surface area contributed by atoms with Crippen molar-refractivity contribution < 1.29 is 32.6 Å². The zero-order chi connectivity index (χ0) is 21.2. The summed E-state index contributed by atoms with van der Waals surface area (Å²) in [4.78, 5) is 17.4. The number of aliphatic carboxylic acids is 1. The van der Waals surface area contributed by atoms with Crippen LogP contribution < -0.4 is 0 Å². The second kappa shape index (κ2) is 7.87. The number of benzene rings is 2. The minimum Gasteiger partial charge on any atom is -0.478 e. The smallest absolute Gasteiger partial charge is 0.416 e. The van der Waals surface area contributed by atoms with Crippen molar-refractivity contribution in [1.29, 1.82) is 0 Å². The first-order chi connectivity index (χ1) is 13.6. The SMILES string of the molecule is CC1=NOC(C(=O)O)(C(OCc2ccc(C)cc2)c2ccc(C(F)(F)F)cc2)C1. The number of halogens is 3. The lowest BCUT2D eigenvalue weighted by atomic mass is 9.86. The number of alkyl halides is 3. The van der Waals surface area contributed by atoms with Gasteiger partial charge in [-0.1, -0.05) is 47.1 Å². The molecule has 1 aliphatic rings. The van der Waals surface area contributed by atoms with Crippen LogP contribution in [0.25, 0.3) is 0 Å². The highest BCUT2D eigenvalue weighted by Gasteiger charge is 2.54. The minimum atomic E-state index is -4.50. The fourth-order valence-electron chi connectivity index (χ4n) is 3.18. The number of aryl methyl sites for hydroxylation is 1. The Hall–Kier alpha value is -2.87. The maximum absolute atomic E-state index is 12.9. The molecule has 1 heterocycles. The second-order valence-corrected chi connectivity index (χ2v) is 7.09. The normalized spacial score (nSPS) is 20.1. The predicted octanol–water partition coefficient (Wildman–Crippen LogP) is 4.89. The molecule has 0 aromatic heterocycles. The molecule has 0 saturated carbocycles. The average Bonchev–Trinajstić information content (AvgIpc) is 3.06. The summed E-state index contributed by atoms with van der Waals surface area (Å²) in [5, 5.41) is 13.6. The third kappa shape index (κ3) is 4.42. The molecule has 1 N–H and O–H groups in total. The van der Waals surface area contributed by atoms with E-state index in [4.69, 9.17) is 9.57 Å². The first kappa shape index (κ1) is 20.9. The Kier molecular flexibility index (Phi) is 5.66. The average molecular weight is 407 g/mol. The van der Waals surface area contributed by atoms with Gasteiger partial charge in [-0.25, -0.2) is 4.79 Å². The van der Waals surface area contributed by atoms with E-state index in [1.54, 1.807) is 6.92 Å². The Bertz CT molecular complexity index is 907. The topological polar surface area (TPSA) is 68.1 Å². The van der Waals surface area contributed by atoms with Gasteiger partial charge in [-0.2, -0.15) is 13.2 Å². The van der Waals surface area contributed by atoms with Gasteiger partial charge in [0, 0.05) is 6.42 Å². The zero-order valence-corrected chi connectivity index (χ0v) is 15.9. The van der Waals surface area contributed by atoms with Crippen LogP contribution in [0.15, 0.2) is 53.7 Å². The van der Waals surface area contributed by atoms with Crippen LogP contribution in [0.2, 0.25) is 0 Å². The van der Waals surface area contributed by atoms with Gasteiger partial charge < -0.3 is 14.7 Å². The number of hydrogen-bond acceptors (Lipinski definition) is 4. The first-order valence-electron chi connectivity index (χ1n) is 8.91. The van der Waals surface area contributed by atoms with E-state index in [-0.39, 0.29) is 18.6 Å². The van der Waals surface area contributed by atoms with E-state index >= 15 is 0 Å². The molecule has 1 aliphatic heterocycles. The summed E-state index contributed by atoms with van der Waals surface area (Å²) in [6.45, 7) is 3.61. The quantitative estimate of drug-likeness (QED) is 0.740. The number of carboxylic acid groups (broad SMARTS) is 1. The van der Waals surface area contributed by atoms with E-state index in [1.807, 2.05) is 31.2 Å². The van der Waals surface area contributed by atoms with Crippen LogP contribution >= 0.6 is 0 Å². The number of nitrogens with zero attached hydrogens (tertiary/aromatic N) is 1. The van der Waals surface area contributed by atoms with Gasteiger partial charge >= 0.3 is 12.1 Å². The van der Waals surface area contributed by atoms with E-state index in [0.717, 1.165) is 23.3 Å². The Morgan fingerprint density at radius 2 is 1.79 bits per heavy atom. The van der Waals surface area contributed by atoms with Crippen LogP contribution in [0.1, 0.15) is 41.7 Å². The number of carbonyl (C=O) groups is 1. The molecule has 0 spiro atoms. The second-order valence-electron chi connectivity index (χ2n) is 7.09. The Morgan fingerprint density at radius 1 is 1.17 bits per heavy atom. The van der Waals surface area contributed by atoms with Crippen LogP contribution in [0.3, 0.4) is 0 Å². The van der Waals surface area contributed by atoms with Crippen LogP contribution in [0.5, 0.6) is 0 Å². The molecule has 2 aromatic rings. The molecule has 0 bridgehead atoms. The Morgan fingerprint density at radius 3 is 2.28 bits per heavy atom. The maximum Gasteiger partial charge on any atom is 0.416 e. The molecule has 0 radical (unpaired) electrons. The van der Waals surface area contributed by atoms with Crippen molar-refractivity contribution in [3.63, 3.8) is 0 Å². The van der Waals surface area contributed by atoms with E-state index in [1.165, 1.54) is 12.1 Å². The first-order valence-corrected chi connectivity index (χ1v) is 8.91.